The number of aliphatic hydroxyl groups excluding tert-OH is 1. The Bertz CT molecular complexity index is 1310. The molecule has 9 nitrogen and oxygen atoms in total. The van der Waals surface area contributed by atoms with E-state index in [0.717, 1.165) is 23.1 Å². The standard InChI is InChI=1S/C29H30O9/c1-3-11-34-19-6-7-20-22(14-19)27(21-8-5-18(33-2)15-24(21)35-12-10-30)28(38-29(31)32)26(20)17-4-9-23-25(13-17)37-16-36-23/h4-9,13-15,26-28,30H,3,10-12,16H2,1-2H3,(H,31,32). The van der Waals surface area contributed by atoms with Gasteiger partial charge < -0.3 is 38.6 Å². The normalized spacial score (nSPS) is 19.1. The molecule has 3 aromatic carbocycles. The van der Waals surface area contributed by atoms with Crippen LogP contribution in [-0.2, 0) is 4.74 Å². The van der Waals surface area contributed by atoms with E-state index in [1.807, 2.05) is 49.4 Å². The number of benzene rings is 3. The molecule has 200 valence electrons. The van der Waals surface area contributed by atoms with Crippen LogP contribution in [0.5, 0.6) is 28.7 Å². The van der Waals surface area contributed by atoms with Crippen molar-refractivity contribution >= 4 is 6.16 Å². The topological polar surface area (TPSA) is 113 Å². The summed E-state index contributed by atoms with van der Waals surface area (Å²) in [5.74, 6) is 2.00. The maximum atomic E-state index is 12.0. The Hall–Kier alpha value is -4.11. The molecule has 3 aromatic rings. The Morgan fingerprint density at radius 3 is 2.45 bits per heavy atom. The monoisotopic (exact) mass is 522 g/mol. The second-order valence-corrected chi connectivity index (χ2v) is 9.03. The Morgan fingerprint density at radius 2 is 1.68 bits per heavy atom. The lowest BCUT2D eigenvalue weighted by Crippen LogP contribution is -2.27. The van der Waals surface area contributed by atoms with E-state index in [1.165, 1.54) is 0 Å². The van der Waals surface area contributed by atoms with E-state index in [-0.39, 0.29) is 20.0 Å². The first-order chi connectivity index (χ1) is 18.5. The van der Waals surface area contributed by atoms with Crippen molar-refractivity contribution in [2.75, 3.05) is 33.7 Å². The van der Waals surface area contributed by atoms with Crippen LogP contribution in [0.4, 0.5) is 4.79 Å². The zero-order valence-corrected chi connectivity index (χ0v) is 21.2. The number of aliphatic hydroxyl groups is 1. The van der Waals surface area contributed by atoms with Crippen molar-refractivity contribution in [1.82, 2.24) is 0 Å². The van der Waals surface area contributed by atoms with Crippen molar-refractivity contribution < 1.29 is 43.4 Å². The molecular weight excluding hydrogens is 492 g/mol. The molecule has 0 fully saturated rings. The lowest BCUT2D eigenvalue weighted by atomic mass is 9.86. The average Bonchev–Trinajstić information content (AvgIpc) is 3.51. The zero-order chi connectivity index (χ0) is 26.6. The molecule has 0 bridgehead atoms. The molecule has 3 unspecified atom stereocenters. The summed E-state index contributed by atoms with van der Waals surface area (Å²) in [6.45, 7) is 2.60. The van der Waals surface area contributed by atoms with Gasteiger partial charge in [-0.2, -0.15) is 0 Å². The predicted molar refractivity (Wildman–Crippen MR) is 137 cm³/mol. The third kappa shape index (κ3) is 4.89. The highest BCUT2D eigenvalue weighted by Crippen LogP contribution is 2.53. The zero-order valence-electron chi connectivity index (χ0n) is 21.2. The van der Waals surface area contributed by atoms with Gasteiger partial charge >= 0.3 is 6.16 Å². The van der Waals surface area contributed by atoms with Crippen LogP contribution in [-0.4, -0.2) is 56.2 Å². The van der Waals surface area contributed by atoms with Crippen molar-refractivity contribution in [3.8, 4) is 28.7 Å². The van der Waals surface area contributed by atoms with Gasteiger partial charge in [0, 0.05) is 17.5 Å². The number of ether oxygens (including phenoxy) is 6. The fraction of sp³-hybridized carbons (Fsp3) is 0.345. The summed E-state index contributed by atoms with van der Waals surface area (Å²) in [6.07, 6.45) is -1.36. The summed E-state index contributed by atoms with van der Waals surface area (Å²) in [6, 6.07) is 16.8. The van der Waals surface area contributed by atoms with E-state index < -0.39 is 24.1 Å². The Morgan fingerprint density at radius 1 is 0.895 bits per heavy atom. The molecule has 0 spiro atoms. The van der Waals surface area contributed by atoms with E-state index in [9.17, 15) is 15.0 Å². The third-order valence-electron chi connectivity index (χ3n) is 6.76. The smallest absolute Gasteiger partial charge is 0.497 e. The summed E-state index contributed by atoms with van der Waals surface area (Å²) in [4.78, 5) is 12.0. The molecule has 1 aliphatic heterocycles. The molecule has 2 N–H and O–H groups in total. The lowest BCUT2D eigenvalue weighted by Gasteiger charge is -2.26. The maximum Gasteiger partial charge on any atom is 0.506 e. The Labute approximate surface area is 220 Å². The van der Waals surface area contributed by atoms with E-state index >= 15 is 0 Å². The minimum atomic E-state index is -1.38. The highest BCUT2D eigenvalue weighted by molar-refractivity contribution is 5.63. The summed E-state index contributed by atoms with van der Waals surface area (Å²) in [7, 11) is 1.55. The molecule has 38 heavy (non-hydrogen) atoms. The number of rotatable bonds is 10. The molecule has 0 saturated carbocycles. The van der Waals surface area contributed by atoms with Crippen LogP contribution >= 0.6 is 0 Å². The number of hydrogen-bond acceptors (Lipinski definition) is 8. The molecular formula is C29H30O9. The van der Waals surface area contributed by atoms with E-state index in [0.29, 0.717) is 40.9 Å². The highest BCUT2D eigenvalue weighted by Gasteiger charge is 2.46. The average molecular weight is 523 g/mol. The number of fused-ring (bicyclic) bond motifs is 2. The van der Waals surface area contributed by atoms with Crippen LogP contribution in [0, 0.1) is 0 Å². The molecule has 0 aromatic heterocycles. The fourth-order valence-corrected chi connectivity index (χ4v) is 5.21. The lowest BCUT2D eigenvalue weighted by molar-refractivity contribution is 0.0429. The van der Waals surface area contributed by atoms with Gasteiger partial charge in [0.2, 0.25) is 6.79 Å². The summed E-state index contributed by atoms with van der Waals surface area (Å²) < 4.78 is 34.0. The van der Waals surface area contributed by atoms with Gasteiger partial charge in [-0.25, -0.2) is 4.79 Å². The number of carboxylic acid groups (broad SMARTS) is 1. The Balaban J connectivity index is 1.69. The number of hydrogen-bond donors (Lipinski definition) is 2. The molecule has 9 heteroatoms. The first kappa shape index (κ1) is 25.5. The van der Waals surface area contributed by atoms with Gasteiger partial charge in [0.1, 0.15) is 30.0 Å². The molecule has 1 heterocycles. The molecule has 1 aliphatic carbocycles. The second kappa shape index (κ2) is 11.1. The Kier molecular flexibility index (Phi) is 7.46. The van der Waals surface area contributed by atoms with Gasteiger partial charge in [0.05, 0.1) is 26.2 Å². The quantitative estimate of drug-likeness (QED) is 0.358. The SMILES string of the molecule is CCCOc1ccc2c(c1)C(c1ccc(OC)cc1OCCO)C(OC(=O)O)C2c1ccc2c(c1)OCO2. The predicted octanol–water partition coefficient (Wildman–Crippen LogP) is 4.92. The molecule has 0 radical (unpaired) electrons. The van der Waals surface area contributed by atoms with Crippen molar-refractivity contribution in [2.24, 2.45) is 0 Å². The summed E-state index contributed by atoms with van der Waals surface area (Å²) in [5.41, 5.74) is 3.32. The van der Waals surface area contributed by atoms with Gasteiger partial charge in [-0.15, -0.1) is 0 Å². The summed E-state index contributed by atoms with van der Waals surface area (Å²) in [5, 5.41) is 19.3. The molecule has 3 atom stereocenters. The van der Waals surface area contributed by atoms with E-state index in [2.05, 4.69) is 0 Å². The van der Waals surface area contributed by atoms with Gasteiger partial charge in [0.15, 0.2) is 11.5 Å². The molecule has 0 amide bonds. The molecule has 2 aliphatic rings. The summed E-state index contributed by atoms with van der Waals surface area (Å²) >= 11 is 0. The van der Waals surface area contributed by atoms with Gasteiger partial charge in [0.25, 0.3) is 0 Å². The molecule has 0 saturated heterocycles. The van der Waals surface area contributed by atoms with Crippen molar-refractivity contribution in [1.29, 1.82) is 0 Å². The highest BCUT2D eigenvalue weighted by atomic mass is 16.7. The first-order valence-electron chi connectivity index (χ1n) is 12.5. The first-order valence-corrected chi connectivity index (χ1v) is 12.5. The number of methoxy groups -OCH3 is 1. The minimum absolute atomic E-state index is 0.0649. The maximum absolute atomic E-state index is 12.0. The number of carbonyl (C=O) groups is 1. The van der Waals surface area contributed by atoms with Gasteiger partial charge in [-0.05, 0) is 53.4 Å². The third-order valence-corrected chi connectivity index (χ3v) is 6.76. The van der Waals surface area contributed by atoms with Crippen molar-refractivity contribution in [3.05, 3.63) is 76.9 Å². The van der Waals surface area contributed by atoms with Crippen molar-refractivity contribution in [3.63, 3.8) is 0 Å². The van der Waals surface area contributed by atoms with Crippen LogP contribution in [0.15, 0.2) is 54.6 Å². The van der Waals surface area contributed by atoms with E-state index in [1.54, 1.807) is 19.2 Å². The van der Waals surface area contributed by atoms with E-state index in [4.69, 9.17) is 28.4 Å². The van der Waals surface area contributed by atoms with Crippen LogP contribution in [0.25, 0.3) is 0 Å². The largest absolute Gasteiger partial charge is 0.506 e. The molecule has 5 rings (SSSR count). The van der Waals surface area contributed by atoms with Crippen LogP contribution in [0.1, 0.15) is 47.4 Å². The van der Waals surface area contributed by atoms with Crippen LogP contribution in [0.3, 0.4) is 0 Å². The minimum Gasteiger partial charge on any atom is -0.497 e. The van der Waals surface area contributed by atoms with Gasteiger partial charge in [-0.3, -0.25) is 0 Å². The van der Waals surface area contributed by atoms with Gasteiger partial charge in [-0.1, -0.05) is 25.1 Å². The van der Waals surface area contributed by atoms with Crippen LogP contribution in [0.2, 0.25) is 0 Å². The second-order valence-electron chi connectivity index (χ2n) is 9.03. The van der Waals surface area contributed by atoms with Crippen molar-refractivity contribution in [2.45, 2.75) is 31.3 Å². The van der Waals surface area contributed by atoms with Crippen LogP contribution < -0.4 is 23.7 Å². The fourth-order valence-electron chi connectivity index (χ4n) is 5.21.